The van der Waals surface area contributed by atoms with Gasteiger partial charge < -0.3 is 10.6 Å². The highest BCUT2D eigenvalue weighted by Gasteiger charge is 2.19. The first-order valence-corrected chi connectivity index (χ1v) is 5.37. The Balaban J connectivity index is 1.43. The quantitative estimate of drug-likeness (QED) is 0.558. The maximum absolute atomic E-state index is 3.89. The van der Waals surface area contributed by atoms with Crippen molar-refractivity contribution in [3.63, 3.8) is 0 Å². The van der Waals surface area contributed by atoms with Gasteiger partial charge in [0, 0.05) is 24.5 Å². The van der Waals surface area contributed by atoms with Crippen LogP contribution >= 0.6 is 0 Å². The molecule has 0 radical (unpaired) electrons. The zero-order chi connectivity index (χ0) is 9.64. The number of hydrogen-bond donors (Lipinski definition) is 3. The fraction of sp³-hybridized carbons (Fsp3) is 0.700. The maximum atomic E-state index is 3.89. The molecule has 1 aliphatic rings. The Labute approximate surface area is 84.5 Å². The molecule has 0 atom stereocenters. The second kappa shape index (κ2) is 5.12. The molecule has 1 saturated carbocycles. The number of nitrogens with one attached hydrogen (secondary N) is 3. The van der Waals surface area contributed by atoms with Gasteiger partial charge in [0.1, 0.15) is 0 Å². The summed E-state index contributed by atoms with van der Waals surface area (Å²) in [5.41, 5.74) is 1.15. The van der Waals surface area contributed by atoms with Crippen LogP contribution in [0.15, 0.2) is 12.3 Å². The van der Waals surface area contributed by atoms with Crippen molar-refractivity contribution in [3.8, 4) is 0 Å². The lowest BCUT2D eigenvalue weighted by atomic mass is 10.4. The van der Waals surface area contributed by atoms with Crippen LogP contribution in [0.1, 0.15) is 25.0 Å². The molecular formula is C10H18N4. The lowest BCUT2D eigenvalue weighted by Gasteiger charge is -2.03. The molecule has 0 spiro atoms. The average molecular weight is 194 g/mol. The number of aromatic amines is 1. The number of rotatable bonds is 7. The van der Waals surface area contributed by atoms with Gasteiger partial charge in [0.2, 0.25) is 0 Å². The molecule has 3 N–H and O–H groups in total. The summed E-state index contributed by atoms with van der Waals surface area (Å²) in [7, 11) is 0. The summed E-state index contributed by atoms with van der Waals surface area (Å²) in [6, 6.07) is 2.83. The highest BCUT2D eigenvalue weighted by Crippen LogP contribution is 2.18. The van der Waals surface area contributed by atoms with Gasteiger partial charge >= 0.3 is 0 Å². The Morgan fingerprint density at radius 1 is 1.43 bits per heavy atom. The van der Waals surface area contributed by atoms with Crippen molar-refractivity contribution in [1.29, 1.82) is 0 Å². The van der Waals surface area contributed by atoms with E-state index in [0.717, 1.165) is 31.4 Å². The van der Waals surface area contributed by atoms with E-state index in [1.807, 2.05) is 6.07 Å². The molecule has 0 saturated heterocycles. The van der Waals surface area contributed by atoms with Crippen LogP contribution in [0.2, 0.25) is 0 Å². The zero-order valence-corrected chi connectivity index (χ0v) is 8.42. The lowest BCUT2D eigenvalue weighted by molar-refractivity contribution is 0.589. The van der Waals surface area contributed by atoms with Crippen molar-refractivity contribution in [1.82, 2.24) is 20.8 Å². The third-order valence-corrected chi connectivity index (χ3v) is 2.41. The first kappa shape index (κ1) is 9.68. The Kier molecular flexibility index (Phi) is 3.54. The smallest absolute Gasteiger partial charge is 0.0490 e. The van der Waals surface area contributed by atoms with Gasteiger partial charge in [0.15, 0.2) is 0 Å². The fourth-order valence-corrected chi connectivity index (χ4v) is 1.41. The molecule has 0 aromatic carbocycles. The summed E-state index contributed by atoms with van der Waals surface area (Å²) in [4.78, 5) is 0. The molecular weight excluding hydrogens is 176 g/mol. The molecule has 0 amide bonds. The van der Waals surface area contributed by atoms with Crippen LogP contribution in [-0.4, -0.2) is 29.3 Å². The van der Waals surface area contributed by atoms with Crippen molar-refractivity contribution in [2.24, 2.45) is 0 Å². The van der Waals surface area contributed by atoms with Crippen molar-refractivity contribution in [3.05, 3.63) is 18.0 Å². The maximum Gasteiger partial charge on any atom is 0.0490 e. The van der Waals surface area contributed by atoms with Gasteiger partial charge in [-0.25, -0.2) is 0 Å². The van der Waals surface area contributed by atoms with E-state index in [1.54, 1.807) is 6.20 Å². The van der Waals surface area contributed by atoms with Gasteiger partial charge in [-0.1, -0.05) is 0 Å². The van der Waals surface area contributed by atoms with E-state index in [1.165, 1.54) is 19.3 Å². The summed E-state index contributed by atoms with van der Waals surface area (Å²) >= 11 is 0. The predicted molar refractivity (Wildman–Crippen MR) is 55.9 cm³/mol. The number of H-pyrrole nitrogens is 1. The van der Waals surface area contributed by atoms with Crippen LogP contribution in [0, 0.1) is 0 Å². The van der Waals surface area contributed by atoms with Crippen LogP contribution in [0.5, 0.6) is 0 Å². The number of hydrogen-bond acceptors (Lipinski definition) is 3. The van der Waals surface area contributed by atoms with Gasteiger partial charge in [-0.3, -0.25) is 5.10 Å². The first-order valence-electron chi connectivity index (χ1n) is 5.37. The van der Waals surface area contributed by atoms with Crippen LogP contribution in [-0.2, 0) is 6.54 Å². The van der Waals surface area contributed by atoms with Gasteiger partial charge in [0.25, 0.3) is 0 Å². The Morgan fingerprint density at radius 2 is 2.36 bits per heavy atom. The normalized spacial score (nSPS) is 16.0. The molecule has 0 unspecified atom stereocenters. The highest BCUT2D eigenvalue weighted by molar-refractivity contribution is 4.96. The van der Waals surface area contributed by atoms with Gasteiger partial charge in [-0.15, -0.1) is 0 Å². The summed E-state index contributed by atoms with van der Waals surface area (Å²) < 4.78 is 0. The molecule has 2 rings (SSSR count). The number of nitrogens with zero attached hydrogens (tertiary/aromatic N) is 1. The minimum absolute atomic E-state index is 0.836. The molecule has 1 aromatic rings. The topological polar surface area (TPSA) is 52.7 Å². The molecule has 1 fully saturated rings. The van der Waals surface area contributed by atoms with Crippen molar-refractivity contribution >= 4 is 0 Å². The fourth-order valence-electron chi connectivity index (χ4n) is 1.41. The van der Waals surface area contributed by atoms with Crippen LogP contribution < -0.4 is 10.6 Å². The summed E-state index contributed by atoms with van der Waals surface area (Å²) in [5, 5.41) is 13.7. The second-order valence-electron chi connectivity index (χ2n) is 3.84. The van der Waals surface area contributed by atoms with E-state index in [4.69, 9.17) is 0 Å². The molecule has 4 nitrogen and oxygen atoms in total. The van der Waals surface area contributed by atoms with Crippen LogP contribution in [0.4, 0.5) is 0 Å². The van der Waals surface area contributed by atoms with Crippen molar-refractivity contribution in [2.45, 2.75) is 31.8 Å². The van der Waals surface area contributed by atoms with Gasteiger partial charge in [-0.05, 0) is 38.4 Å². The third kappa shape index (κ3) is 3.47. The molecule has 1 aliphatic carbocycles. The van der Waals surface area contributed by atoms with Gasteiger partial charge in [-0.2, -0.15) is 5.10 Å². The van der Waals surface area contributed by atoms with Gasteiger partial charge in [0.05, 0.1) is 0 Å². The summed E-state index contributed by atoms with van der Waals surface area (Å²) in [6.45, 7) is 3.10. The molecule has 1 aromatic heterocycles. The Bertz CT molecular complexity index is 241. The lowest BCUT2D eigenvalue weighted by Crippen LogP contribution is -2.23. The monoisotopic (exact) mass is 194 g/mol. The van der Waals surface area contributed by atoms with E-state index >= 15 is 0 Å². The van der Waals surface area contributed by atoms with Crippen molar-refractivity contribution in [2.75, 3.05) is 13.1 Å². The minimum atomic E-state index is 0.836. The second-order valence-corrected chi connectivity index (χ2v) is 3.84. The average Bonchev–Trinajstić information content (AvgIpc) is 2.87. The standard InChI is InChI=1S/C10H18N4/c1(6-12-9-2-3-9)5-11-8-10-4-7-13-14-10/h4,7,9,11-12H,1-3,5-6,8H2,(H,13,14). The van der Waals surface area contributed by atoms with E-state index in [9.17, 15) is 0 Å². The largest absolute Gasteiger partial charge is 0.314 e. The van der Waals surface area contributed by atoms with Crippen LogP contribution in [0.25, 0.3) is 0 Å². The molecule has 4 heteroatoms. The third-order valence-electron chi connectivity index (χ3n) is 2.41. The van der Waals surface area contributed by atoms with Crippen molar-refractivity contribution < 1.29 is 0 Å². The Morgan fingerprint density at radius 3 is 3.07 bits per heavy atom. The summed E-state index contributed by atoms with van der Waals surface area (Å²) in [6.07, 6.45) is 5.74. The molecule has 14 heavy (non-hydrogen) atoms. The molecule has 0 bridgehead atoms. The number of aromatic nitrogens is 2. The first-order chi connectivity index (χ1) is 6.95. The molecule has 78 valence electrons. The predicted octanol–water partition coefficient (Wildman–Crippen LogP) is 0.641. The SMILES string of the molecule is c1cc(CNCCCNC2CC2)[nH]n1. The summed E-state index contributed by atoms with van der Waals surface area (Å²) in [5.74, 6) is 0. The minimum Gasteiger partial charge on any atom is -0.314 e. The van der Waals surface area contributed by atoms with Crippen LogP contribution in [0.3, 0.4) is 0 Å². The van der Waals surface area contributed by atoms with E-state index in [2.05, 4.69) is 20.8 Å². The van der Waals surface area contributed by atoms with E-state index in [0.29, 0.717) is 0 Å². The molecule has 1 heterocycles. The highest BCUT2D eigenvalue weighted by atomic mass is 15.1. The zero-order valence-electron chi connectivity index (χ0n) is 8.42. The Hall–Kier alpha value is -0.870. The molecule has 0 aliphatic heterocycles. The van der Waals surface area contributed by atoms with E-state index < -0.39 is 0 Å². The van der Waals surface area contributed by atoms with E-state index in [-0.39, 0.29) is 0 Å².